The van der Waals surface area contributed by atoms with E-state index in [1.54, 1.807) is 6.92 Å². The summed E-state index contributed by atoms with van der Waals surface area (Å²) in [4.78, 5) is 31.2. The minimum Gasteiger partial charge on any atom is -0.474 e. The second kappa shape index (κ2) is 7.80. The number of rotatable bonds is 6. The normalized spacial score (nSPS) is 13.8. The first-order chi connectivity index (χ1) is 8.83. The van der Waals surface area contributed by atoms with Gasteiger partial charge in [-0.1, -0.05) is 12.1 Å². The van der Waals surface area contributed by atoms with E-state index in [2.05, 4.69) is 5.16 Å². The molecule has 9 heteroatoms. The van der Waals surface area contributed by atoms with E-state index in [4.69, 9.17) is 10.3 Å². The number of carboxylic acid groups (broad SMARTS) is 1. The maximum Gasteiger partial charge on any atom is 0.394 e. The van der Waals surface area contributed by atoms with E-state index in [9.17, 15) is 19.7 Å². The Balaban J connectivity index is 4.83. The summed E-state index contributed by atoms with van der Waals surface area (Å²) in [5.41, 5.74) is 0.322. The number of aliphatic carboxylic acids is 1. The molecule has 0 aromatic heterocycles. The fourth-order valence-corrected chi connectivity index (χ4v) is 1.23. The van der Waals surface area contributed by atoms with Crippen LogP contribution in [-0.4, -0.2) is 45.4 Å². The number of oxime groups is 1. The number of carboxylic acids is 1. The van der Waals surface area contributed by atoms with E-state index in [1.165, 1.54) is 13.0 Å². The first kappa shape index (κ1) is 16.6. The monoisotopic (exact) mass is 273 g/mol. The van der Waals surface area contributed by atoms with Crippen molar-refractivity contribution in [2.75, 3.05) is 6.54 Å². The van der Waals surface area contributed by atoms with Crippen LogP contribution in [0.3, 0.4) is 0 Å². The smallest absolute Gasteiger partial charge is 0.394 e. The van der Waals surface area contributed by atoms with Gasteiger partial charge in [-0.25, -0.2) is 4.79 Å². The molecule has 0 fully saturated rings. The number of hydrogen-bond acceptors (Lipinski definition) is 6. The number of nitrogens with one attached hydrogen (secondary N) is 1. The van der Waals surface area contributed by atoms with E-state index in [1.807, 2.05) is 5.32 Å². The van der Waals surface area contributed by atoms with Crippen molar-refractivity contribution in [2.45, 2.75) is 26.3 Å². The number of carbonyl (C=O) groups excluding carboxylic acids is 1. The largest absolute Gasteiger partial charge is 0.474 e. The van der Waals surface area contributed by atoms with Crippen LogP contribution in [0, 0.1) is 10.1 Å². The molecule has 0 saturated heterocycles. The average molecular weight is 273 g/mol. The average Bonchev–Trinajstić information content (AvgIpc) is 2.37. The molecule has 0 rings (SSSR count). The number of nitro groups is 1. The highest BCUT2D eigenvalue weighted by Crippen LogP contribution is 2.10. The Bertz CT molecular complexity index is 429. The highest BCUT2D eigenvalue weighted by molar-refractivity contribution is 6.32. The van der Waals surface area contributed by atoms with Gasteiger partial charge in [-0.2, -0.15) is 0 Å². The molecule has 19 heavy (non-hydrogen) atoms. The number of amides is 1. The molecule has 1 atom stereocenters. The van der Waals surface area contributed by atoms with Gasteiger partial charge < -0.3 is 15.6 Å². The van der Waals surface area contributed by atoms with Crippen LogP contribution in [0.2, 0.25) is 0 Å². The van der Waals surface area contributed by atoms with Gasteiger partial charge in [0.25, 0.3) is 0 Å². The van der Waals surface area contributed by atoms with E-state index in [-0.39, 0.29) is 12.3 Å². The first-order valence-corrected chi connectivity index (χ1v) is 5.39. The van der Waals surface area contributed by atoms with Crippen LogP contribution in [0.1, 0.15) is 20.3 Å². The van der Waals surface area contributed by atoms with E-state index < -0.39 is 22.8 Å². The fraction of sp³-hybridized carbons (Fsp3) is 0.500. The summed E-state index contributed by atoms with van der Waals surface area (Å²) >= 11 is 0. The van der Waals surface area contributed by atoms with Crippen molar-refractivity contribution in [2.24, 2.45) is 5.16 Å². The molecule has 106 valence electrons. The summed E-state index contributed by atoms with van der Waals surface area (Å²) in [6, 6.07) is -0.961. The van der Waals surface area contributed by atoms with Gasteiger partial charge in [-0.05, 0) is 12.5 Å². The Morgan fingerprint density at radius 3 is 2.47 bits per heavy atom. The molecule has 0 aliphatic carbocycles. The topological polar surface area (TPSA) is 142 Å². The standard InChI is InChI=1S/C10H15N3O6/c1-3-7(6(2)13(18)19)4-8(12-17)5-11-9(14)10(15)16/h4,6,17H,3,5H2,1-2H3,(H,11,14)(H,15,16)/b7-4+,12-8+. The van der Waals surface area contributed by atoms with Gasteiger partial charge in [0.05, 0.1) is 12.3 Å². The summed E-state index contributed by atoms with van der Waals surface area (Å²) in [6.45, 7) is 2.73. The molecule has 0 bridgehead atoms. The molecule has 0 aromatic carbocycles. The molecule has 0 aromatic rings. The second-order valence-electron chi connectivity index (χ2n) is 3.61. The lowest BCUT2D eigenvalue weighted by Crippen LogP contribution is -2.34. The number of hydrogen-bond donors (Lipinski definition) is 3. The maximum absolute atomic E-state index is 10.8. The molecule has 3 N–H and O–H groups in total. The molecule has 0 heterocycles. The Labute approximate surface area is 108 Å². The second-order valence-corrected chi connectivity index (χ2v) is 3.61. The van der Waals surface area contributed by atoms with Crippen LogP contribution < -0.4 is 5.32 Å². The highest BCUT2D eigenvalue weighted by Gasteiger charge is 2.18. The predicted octanol–water partition coefficient (Wildman–Crippen LogP) is 0.0190. The molecule has 1 amide bonds. The van der Waals surface area contributed by atoms with Crippen molar-refractivity contribution in [3.8, 4) is 0 Å². The lowest BCUT2D eigenvalue weighted by Gasteiger charge is -2.08. The van der Waals surface area contributed by atoms with Gasteiger partial charge in [-0.15, -0.1) is 0 Å². The lowest BCUT2D eigenvalue weighted by molar-refractivity contribution is -0.507. The third-order valence-corrected chi connectivity index (χ3v) is 2.37. The van der Waals surface area contributed by atoms with Crippen molar-refractivity contribution < 1.29 is 24.8 Å². The van der Waals surface area contributed by atoms with Crippen molar-refractivity contribution in [1.29, 1.82) is 0 Å². The number of carbonyl (C=O) groups is 2. The minimum absolute atomic E-state index is 0.0693. The molecular formula is C10H15N3O6. The van der Waals surface area contributed by atoms with E-state index in [0.717, 1.165) is 0 Å². The summed E-state index contributed by atoms with van der Waals surface area (Å²) in [6.07, 6.45) is 1.61. The van der Waals surface area contributed by atoms with Crippen molar-refractivity contribution in [3.63, 3.8) is 0 Å². The van der Waals surface area contributed by atoms with Crippen molar-refractivity contribution in [1.82, 2.24) is 5.32 Å². The quantitative estimate of drug-likeness (QED) is 0.205. The third kappa shape index (κ3) is 5.61. The zero-order chi connectivity index (χ0) is 15.0. The SMILES string of the molecule is CC/C(=C\C(CNC(=O)C(=O)O)=N/O)C(C)[N+](=O)[O-]. The molecular weight excluding hydrogens is 258 g/mol. The molecule has 1 unspecified atom stereocenters. The van der Waals surface area contributed by atoms with Gasteiger partial charge >= 0.3 is 11.9 Å². The summed E-state index contributed by atoms with van der Waals surface area (Å²) in [5, 5.41) is 32.5. The van der Waals surface area contributed by atoms with Crippen LogP contribution >= 0.6 is 0 Å². The van der Waals surface area contributed by atoms with Crippen LogP contribution in [0.25, 0.3) is 0 Å². The Morgan fingerprint density at radius 2 is 2.11 bits per heavy atom. The van der Waals surface area contributed by atoms with Crippen LogP contribution in [0.5, 0.6) is 0 Å². The maximum atomic E-state index is 10.8. The van der Waals surface area contributed by atoms with Crippen LogP contribution in [-0.2, 0) is 9.59 Å². The molecule has 9 nitrogen and oxygen atoms in total. The third-order valence-electron chi connectivity index (χ3n) is 2.37. The van der Waals surface area contributed by atoms with Gasteiger partial charge in [0.1, 0.15) is 0 Å². The predicted molar refractivity (Wildman–Crippen MR) is 64.7 cm³/mol. The molecule has 0 saturated carbocycles. The molecule has 0 spiro atoms. The van der Waals surface area contributed by atoms with E-state index in [0.29, 0.717) is 12.0 Å². The van der Waals surface area contributed by atoms with Gasteiger partial charge in [-0.3, -0.25) is 14.9 Å². The molecule has 0 radical (unpaired) electrons. The summed E-state index contributed by atoms with van der Waals surface area (Å²) in [5.74, 6) is -2.93. The summed E-state index contributed by atoms with van der Waals surface area (Å²) in [7, 11) is 0. The van der Waals surface area contributed by atoms with Crippen molar-refractivity contribution >= 4 is 17.6 Å². The Hall–Kier alpha value is -2.45. The van der Waals surface area contributed by atoms with Gasteiger partial charge in [0, 0.05) is 17.4 Å². The van der Waals surface area contributed by atoms with Crippen molar-refractivity contribution in [3.05, 3.63) is 21.8 Å². The van der Waals surface area contributed by atoms with E-state index >= 15 is 0 Å². The van der Waals surface area contributed by atoms with Crippen LogP contribution in [0.15, 0.2) is 16.8 Å². The highest BCUT2D eigenvalue weighted by atomic mass is 16.6. The Morgan fingerprint density at radius 1 is 1.53 bits per heavy atom. The van der Waals surface area contributed by atoms with Crippen LogP contribution in [0.4, 0.5) is 0 Å². The zero-order valence-corrected chi connectivity index (χ0v) is 10.5. The van der Waals surface area contributed by atoms with Gasteiger partial charge in [0.2, 0.25) is 6.04 Å². The first-order valence-electron chi connectivity index (χ1n) is 5.39. The number of nitrogens with zero attached hydrogens (tertiary/aromatic N) is 2. The summed E-state index contributed by atoms with van der Waals surface area (Å²) < 4.78 is 0. The minimum atomic E-state index is -1.67. The zero-order valence-electron chi connectivity index (χ0n) is 10.5. The lowest BCUT2D eigenvalue weighted by atomic mass is 10.0. The van der Waals surface area contributed by atoms with Gasteiger partial charge in [0.15, 0.2) is 0 Å². The molecule has 0 aliphatic heterocycles. The Kier molecular flexibility index (Phi) is 6.79. The fourth-order valence-electron chi connectivity index (χ4n) is 1.23. The molecule has 0 aliphatic rings.